The number of rotatable bonds is 8. The third-order valence-electron chi connectivity index (χ3n) is 4.53. The molecule has 1 heterocycles. The van der Waals surface area contributed by atoms with Gasteiger partial charge in [-0.05, 0) is 51.5 Å². The van der Waals surface area contributed by atoms with Gasteiger partial charge in [-0.2, -0.15) is 0 Å². The van der Waals surface area contributed by atoms with Crippen molar-refractivity contribution >= 4 is 29.4 Å². The molecule has 1 aromatic carbocycles. The lowest BCUT2D eigenvalue weighted by atomic mass is 10.1. The van der Waals surface area contributed by atoms with Crippen molar-refractivity contribution in [2.75, 3.05) is 31.6 Å². The average Bonchev–Trinajstić information content (AvgIpc) is 2.68. The number of piperazine rings is 1. The number of esters is 1. The van der Waals surface area contributed by atoms with Gasteiger partial charge in [0.15, 0.2) is 0 Å². The minimum Gasteiger partial charge on any atom is -0.466 e. The number of nitrogens with one attached hydrogen (secondary N) is 3. The highest BCUT2D eigenvalue weighted by Crippen LogP contribution is 2.13. The highest BCUT2D eigenvalue weighted by atomic mass is 16.5. The molecule has 1 atom stereocenters. The van der Waals surface area contributed by atoms with E-state index in [1.807, 2.05) is 27.7 Å². The van der Waals surface area contributed by atoms with Crippen molar-refractivity contribution in [1.29, 1.82) is 0 Å². The van der Waals surface area contributed by atoms with Gasteiger partial charge in [0.05, 0.1) is 19.6 Å². The predicted molar refractivity (Wildman–Crippen MR) is 117 cm³/mol. The van der Waals surface area contributed by atoms with Crippen LogP contribution < -0.4 is 16.0 Å². The lowest BCUT2D eigenvalue weighted by molar-refractivity contribution is -0.148. The van der Waals surface area contributed by atoms with Crippen molar-refractivity contribution in [1.82, 2.24) is 15.5 Å². The fraction of sp³-hybridized carbons (Fsp3) is 0.545. The van der Waals surface area contributed by atoms with Gasteiger partial charge in [-0.1, -0.05) is 6.92 Å². The summed E-state index contributed by atoms with van der Waals surface area (Å²) < 4.78 is 5.07. The molecule has 0 aliphatic carbocycles. The Balaban J connectivity index is 1.94. The van der Waals surface area contributed by atoms with Gasteiger partial charge >= 0.3 is 5.97 Å². The largest absolute Gasteiger partial charge is 0.466 e. The summed E-state index contributed by atoms with van der Waals surface area (Å²) >= 11 is 0. The van der Waals surface area contributed by atoms with Crippen LogP contribution in [0.3, 0.4) is 0 Å². The monoisotopic (exact) mass is 432 g/mol. The Bertz CT molecular complexity index is 801. The van der Waals surface area contributed by atoms with E-state index >= 15 is 0 Å². The topological polar surface area (TPSA) is 117 Å². The van der Waals surface area contributed by atoms with Crippen LogP contribution in [-0.2, 0) is 19.1 Å². The molecule has 2 rings (SSSR count). The molecule has 3 N–H and O–H groups in total. The number of ether oxygens (including phenoxy) is 1. The SMILES string of the molecule is CCCOC(=O)CC1C(=O)NCCN1CC(=O)Nc1ccc(C(=O)NC(C)(C)C)cc1. The third kappa shape index (κ3) is 8.01. The van der Waals surface area contributed by atoms with Crippen molar-refractivity contribution in [3.63, 3.8) is 0 Å². The quantitative estimate of drug-likeness (QED) is 0.533. The number of amides is 3. The molecule has 3 amide bonds. The van der Waals surface area contributed by atoms with E-state index in [9.17, 15) is 19.2 Å². The molecule has 0 spiro atoms. The van der Waals surface area contributed by atoms with Crippen LogP contribution in [0.15, 0.2) is 24.3 Å². The second kappa shape index (κ2) is 10.9. The first kappa shape index (κ1) is 24.3. The summed E-state index contributed by atoms with van der Waals surface area (Å²) in [5.74, 6) is -1.25. The Morgan fingerprint density at radius 3 is 2.48 bits per heavy atom. The maximum absolute atomic E-state index is 12.5. The molecule has 1 saturated heterocycles. The number of carbonyl (C=O) groups excluding carboxylic acids is 4. The van der Waals surface area contributed by atoms with Crippen LogP contribution in [0.4, 0.5) is 5.69 Å². The summed E-state index contributed by atoms with van der Waals surface area (Å²) in [6.45, 7) is 8.72. The molecule has 31 heavy (non-hydrogen) atoms. The van der Waals surface area contributed by atoms with E-state index in [0.29, 0.717) is 37.4 Å². The van der Waals surface area contributed by atoms with Gasteiger partial charge in [0.1, 0.15) is 6.04 Å². The predicted octanol–water partition coefficient (Wildman–Crippen LogP) is 1.30. The molecule has 0 aromatic heterocycles. The number of hydrogen-bond acceptors (Lipinski definition) is 6. The number of nitrogens with zero attached hydrogens (tertiary/aromatic N) is 1. The summed E-state index contributed by atoms with van der Waals surface area (Å²) in [7, 11) is 0. The molecule has 1 aliphatic heterocycles. The number of carbonyl (C=O) groups is 4. The first-order chi connectivity index (χ1) is 14.6. The fourth-order valence-electron chi connectivity index (χ4n) is 3.11. The third-order valence-corrected chi connectivity index (χ3v) is 4.53. The summed E-state index contributed by atoms with van der Waals surface area (Å²) in [6, 6.07) is 5.83. The maximum atomic E-state index is 12.5. The number of anilines is 1. The van der Waals surface area contributed by atoms with Gasteiger partial charge in [-0.3, -0.25) is 24.1 Å². The molecule has 0 saturated carbocycles. The Hall–Kier alpha value is -2.94. The van der Waals surface area contributed by atoms with E-state index in [4.69, 9.17) is 4.74 Å². The van der Waals surface area contributed by atoms with Crippen molar-refractivity contribution in [3.05, 3.63) is 29.8 Å². The number of benzene rings is 1. The van der Waals surface area contributed by atoms with Crippen LogP contribution >= 0.6 is 0 Å². The van der Waals surface area contributed by atoms with Crippen LogP contribution in [0.5, 0.6) is 0 Å². The zero-order valence-corrected chi connectivity index (χ0v) is 18.6. The molecular formula is C22H32N4O5. The highest BCUT2D eigenvalue weighted by molar-refractivity contribution is 5.96. The Morgan fingerprint density at radius 1 is 1.19 bits per heavy atom. The molecule has 0 bridgehead atoms. The van der Waals surface area contributed by atoms with Gasteiger partial charge in [-0.25, -0.2) is 0 Å². The fourth-order valence-corrected chi connectivity index (χ4v) is 3.11. The summed E-state index contributed by atoms with van der Waals surface area (Å²) in [5, 5.41) is 8.37. The summed E-state index contributed by atoms with van der Waals surface area (Å²) in [4.78, 5) is 50.6. The van der Waals surface area contributed by atoms with Gasteiger partial charge in [0.25, 0.3) is 5.91 Å². The van der Waals surface area contributed by atoms with Crippen LogP contribution in [0, 0.1) is 0 Å². The summed E-state index contributed by atoms with van der Waals surface area (Å²) in [6.07, 6.45) is 0.599. The zero-order chi connectivity index (χ0) is 23.0. The van der Waals surface area contributed by atoms with Gasteiger partial charge < -0.3 is 20.7 Å². The molecule has 9 nitrogen and oxygen atoms in total. The lowest BCUT2D eigenvalue weighted by Gasteiger charge is -2.33. The Labute approximate surface area is 182 Å². The lowest BCUT2D eigenvalue weighted by Crippen LogP contribution is -2.57. The molecule has 1 aliphatic rings. The van der Waals surface area contributed by atoms with E-state index in [2.05, 4.69) is 16.0 Å². The minimum atomic E-state index is -0.743. The molecule has 1 fully saturated rings. The average molecular weight is 433 g/mol. The molecule has 1 unspecified atom stereocenters. The molecular weight excluding hydrogens is 400 g/mol. The normalized spacial score (nSPS) is 16.9. The second-order valence-electron chi connectivity index (χ2n) is 8.53. The van der Waals surface area contributed by atoms with Crippen molar-refractivity contribution in [3.8, 4) is 0 Å². The maximum Gasteiger partial charge on any atom is 0.307 e. The zero-order valence-electron chi connectivity index (χ0n) is 18.6. The first-order valence-corrected chi connectivity index (χ1v) is 10.5. The smallest absolute Gasteiger partial charge is 0.307 e. The standard InChI is InChI=1S/C22H32N4O5/c1-5-12-31-19(28)13-17-21(30)23-10-11-26(17)14-18(27)24-16-8-6-15(7-9-16)20(29)25-22(2,3)4/h6-9,17H,5,10-14H2,1-4H3,(H,23,30)(H,24,27)(H,25,29). The van der Waals surface area contributed by atoms with Gasteiger partial charge in [0.2, 0.25) is 11.8 Å². The minimum absolute atomic E-state index is 0.0363. The highest BCUT2D eigenvalue weighted by Gasteiger charge is 2.33. The molecule has 9 heteroatoms. The van der Waals surface area contributed by atoms with E-state index < -0.39 is 12.0 Å². The first-order valence-electron chi connectivity index (χ1n) is 10.5. The van der Waals surface area contributed by atoms with Crippen LogP contribution in [0.2, 0.25) is 0 Å². The van der Waals surface area contributed by atoms with Crippen molar-refractivity contribution < 1.29 is 23.9 Å². The van der Waals surface area contributed by atoms with Gasteiger partial charge in [-0.15, -0.1) is 0 Å². The van der Waals surface area contributed by atoms with E-state index in [0.717, 1.165) is 0 Å². The second-order valence-corrected chi connectivity index (χ2v) is 8.53. The van der Waals surface area contributed by atoms with Gasteiger partial charge in [0, 0.05) is 29.9 Å². The molecule has 170 valence electrons. The number of hydrogen-bond donors (Lipinski definition) is 3. The van der Waals surface area contributed by atoms with Crippen molar-refractivity contribution in [2.45, 2.75) is 52.1 Å². The Morgan fingerprint density at radius 2 is 1.87 bits per heavy atom. The van der Waals surface area contributed by atoms with Crippen LogP contribution in [0.25, 0.3) is 0 Å². The molecule has 0 radical (unpaired) electrons. The van der Waals surface area contributed by atoms with Crippen LogP contribution in [-0.4, -0.2) is 66.4 Å². The summed E-state index contributed by atoms with van der Waals surface area (Å²) in [5.41, 5.74) is 0.688. The van der Waals surface area contributed by atoms with Crippen molar-refractivity contribution in [2.24, 2.45) is 0 Å². The van der Waals surface area contributed by atoms with E-state index in [1.54, 1.807) is 29.2 Å². The van der Waals surface area contributed by atoms with Crippen LogP contribution in [0.1, 0.15) is 50.9 Å². The van der Waals surface area contributed by atoms with E-state index in [1.165, 1.54) is 0 Å². The molecule has 1 aromatic rings. The van der Waals surface area contributed by atoms with E-state index in [-0.39, 0.29) is 36.2 Å². The Kier molecular flexibility index (Phi) is 8.56.